The number of furan rings is 1. The fourth-order valence-corrected chi connectivity index (χ4v) is 2.62. The molecule has 0 radical (unpaired) electrons. The molecule has 0 bridgehead atoms. The van der Waals surface area contributed by atoms with Gasteiger partial charge in [-0.3, -0.25) is 4.90 Å². The monoisotopic (exact) mass is 252 g/mol. The first-order valence-electron chi connectivity index (χ1n) is 6.74. The van der Waals surface area contributed by atoms with Crippen LogP contribution in [0.2, 0.25) is 0 Å². The van der Waals surface area contributed by atoms with Gasteiger partial charge in [-0.15, -0.1) is 0 Å². The highest BCUT2D eigenvalue weighted by atomic mass is 16.5. The Labute approximate surface area is 109 Å². The second-order valence-corrected chi connectivity index (χ2v) is 5.12. The molecule has 2 rings (SSSR count). The van der Waals surface area contributed by atoms with Gasteiger partial charge in [0.15, 0.2) is 0 Å². The van der Waals surface area contributed by atoms with Gasteiger partial charge in [0.1, 0.15) is 0 Å². The molecule has 0 aromatic carbocycles. The summed E-state index contributed by atoms with van der Waals surface area (Å²) in [6, 6.07) is 2.80. The van der Waals surface area contributed by atoms with Crippen molar-refractivity contribution < 1.29 is 9.15 Å². The molecule has 0 amide bonds. The van der Waals surface area contributed by atoms with Crippen LogP contribution in [-0.2, 0) is 4.74 Å². The average molecular weight is 252 g/mol. The lowest BCUT2D eigenvalue weighted by Gasteiger charge is -2.35. The molecular weight excluding hydrogens is 228 g/mol. The summed E-state index contributed by atoms with van der Waals surface area (Å²) in [6.45, 7) is 4.57. The van der Waals surface area contributed by atoms with Crippen LogP contribution in [0.15, 0.2) is 23.0 Å². The molecule has 1 heterocycles. The van der Waals surface area contributed by atoms with Crippen LogP contribution in [0.4, 0.5) is 0 Å². The SMILES string of the molecule is COCCN(C(CN)c1ccoc1)C(C)C1CC1. The first kappa shape index (κ1) is 13.6. The predicted molar refractivity (Wildman–Crippen MR) is 71.3 cm³/mol. The molecule has 1 aliphatic carbocycles. The fourth-order valence-electron chi connectivity index (χ4n) is 2.62. The zero-order valence-electron chi connectivity index (χ0n) is 11.3. The maximum Gasteiger partial charge on any atom is 0.0950 e. The van der Waals surface area contributed by atoms with Gasteiger partial charge in [0, 0.05) is 31.8 Å². The number of hydrogen-bond acceptors (Lipinski definition) is 4. The van der Waals surface area contributed by atoms with Gasteiger partial charge in [0.2, 0.25) is 0 Å². The Kier molecular flexibility index (Phi) is 4.80. The number of rotatable bonds is 8. The van der Waals surface area contributed by atoms with Gasteiger partial charge in [-0.2, -0.15) is 0 Å². The van der Waals surface area contributed by atoms with Crippen LogP contribution in [0.3, 0.4) is 0 Å². The summed E-state index contributed by atoms with van der Waals surface area (Å²) in [5.74, 6) is 0.822. The lowest BCUT2D eigenvalue weighted by atomic mass is 10.0. The third-order valence-electron chi connectivity index (χ3n) is 3.93. The molecule has 1 aromatic rings. The first-order chi connectivity index (χ1) is 8.77. The fraction of sp³-hybridized carbons (Fsp3) is 0.714. The number of hydrogen-bond donors (Lipinski definition) is 1. The van der Waals surface area contributed by atoms with Crippen molar-refractivity contribution in [2.24, 2.45) is 11.7 Å². The second kappa shape index (κ2) is 6.36. The summed E-state index contributed by atoms with van der Waals surface area (Å²) in [5, 5.41) is 0. The van der Waals surface area contributed by atoms with E-state index in [4.69, 9.17) is 14.9 Å². The van der Waals surface area contributed by atoms with Crippen LogP contribution in [0.5, 0.6) is 0 Å². The average Bonchev–Trinajstić information content (AvgIpc) is 3.10. The van der Waals surface area contributed by atoms with Gasteiger partial charge in [0.25, 0.3) is 0 Å². The molecule has 102 valence electrons. The molecule has 1 aromatic heterocycles. The zero-order valence-corrected chi connectivity index (χ0v) is 11.3. The van der Waals surface area contributed by atoms with Crippen molar-refractivity contribution in [2.75, 3.05) is 26.8 Å². The summed E-state index contributed by atoms with van der Waals surface area (Å²) in [7, 11) is 1.75. The minimum absolute atomic E-state index is 0.231. The van der Waals surface area contributed by atoms with E-state index in [0.717, 1.165) is 19.1 Å². The van der Waals surface area contributed by atoms with Crippen molar-refractivity contribution >= 4 is 0 Å². The molecule has 4 nitrogen and oxygen atoms in total. The van der Waals surface area contributed by atoms with Crippen molar-refractivity contribution in [1.82, 2.24) is 4.90 Å². The Balaban J connectivity index is 2.09. The van der Waals surface area contributed by atoms with Crippen LogP contribution in [0.1, 0.15) is 31.4 Å². The van der Waals surface area contributed by atoms with Crippen LogP contribution < -0.4 is 5.73 Å². The Hall–Kier alpha value is -0.840. The lowest BCUT2D eigenvalue weighted by Crippen LogP contribution is -2.42. The summed E-state index contributed by atoms with van der Waals surface area (Å²) in [4.78, 5) is 2.46. The smallest absolute Gasteiger partial charge is 0.0950 e. The molecule has 1 fully saturated rings. The van der Waals surface area contributed by atoms with Crippen LogP contribution in [0.25, 0.3) is 0 Å². The van der Waals surface area contributed by atoms with E-state index >= 15 is 0 Å². The number of nitrogens with zero attached hydrogens (tertiary/aromatic N) is 1. The van der Waals surface area contributed by atoms with Crippen molar-refractivity contribution in [3.8, 4) is 0 Å². The molecule has 2 atom stereocenters. The van der Waals surface area contributed by atoms with Gasteiger partial charge in [-0.1, -0.05) is 0 Å². The van der Waals surface area contributed by atoms with Crippen molar-refractivity contribution in [2.45, 2.75) is 31.8 Å². The van der Waals surface area contributed by atoms with Gasteiger partial charge in [-0.25, -0.2) is 0 Å². The van der Waals surface area contributed by atoms with Gasteiger partial charge in [-0.05, 0) is 31.7 Å². The summed E-state index contributed by atoms with van der Waals surface area (Å²) in [5.41, 5.74) is 7.14. The molecule has 0 spiro atoms. The number of methoxy groups -OCH3 is 1. The topological polar surface area (TPSA) is 51.6 Å². The Morgan fingerprint density at radius 2 is 2.33 bits per heavy atom. The van der Waals surface area contributed by atoms with Crippen molar-refractivity contribution in [3.05, 3.63) is 24.2 Å². The highest BCUT2D eigenvalue weighted by Crippen LogP contribution is 2.37. The lowest BCUT2D eigenvalue weighted by molar-refractivity contribution is 0.0832. The van der Waals surface area contributed by atoms with E-state index in [1.165, 1.54) is 18.4 Å². The van der Waals surface area contributed by atoms with Gasteiger partial charge < -0.3 is 14.9 Å². The summed E-state index contributed by atoms with van der Waals surface area (Å²) < 4.78 is 10.4. The summed E-state index contributed by atoms with van der Waals surface area (Å²) >= 11 is 0. The molecule has 0 aliphatic heterocycles. The highest BCUT2D eigenvalue weighted by Gasteiger charge is 2.35. The van der Waals surface area contributed by atoms with Crippen molar-refractivity contribution in [3.63, 3.8) is 0 Å². The highest BCUT2D eigenvalue weighted by molar-refractivity contribution is 5.13. The maximum atomic E-state index is 5.97. The normalized spacial score (nSPS) is 19.1. The molecule has 1 saturated carbocycles. The third kappa shape index (κ3) is 3.13. The van der Waals surface area contributed by atoms with E-state index in [2.05, 4.69) is 11.8 Å². The Bertz CT molecular complexity index is 336. The molecule has 4 heteroatoms. The molecular formula is C14H24N2O2. The minimum Gasteiger partial charge on any atom is -0.472 e. The largest absolute Gasteiger partial charge is 0.472 e. The second-order valence-electron chi connectivity index (χ2n) is 5.12. The van der Waals surface area contributed by atoms with Gasteiger partial charge in [0.05, 0.1) is 25.2 Å². The first-order valence-corrected chi connectivity index (χ1v) is 6.74. The van der Waals surface area contributed by atoms with Crippen LogP contribution in [-0.4, -0.2) is 37.7 Å². The molecule has 1 aliphatic rings. The van der Waals surface area contributed by atoms with E-state index < -0.39 is 0 Å². The summed E-state index contributed by atoms with van der Waals surface area (Å²) in [6.07, 6.45) is 6.20. The minimum atomic E-state index is 0.231. The predicted octanol–water partition coefficient (Wildman–Crippen LogP) is 2.03. The molecule has 18 heavy (non-hydrogen) atoms. The van der Waals surface area contributed by atoms with Crippen molar-refractivity contribution in [1.29, 1.82) is 0 Å². The van der Waals surface area contributed by atoms with Crippen LogP contribution in [0, 0.1) is 5.92 Å². The van der Waals surface area contributed by atoms with E-state index in [0.29, 0.717) is 12.6 Å². The van der Waals surface area contributed by atoms with E-state index in [1.54, 1.807) is 19.6 Å². The molecule has 2 unspecified atom stereocenters. The third-order valence-corrected chi connectivity index (χ3v) is 3.93. The Morgan fingerprint density at radius 3 is 2.83 bits per heavy atom. The molecule has 2 N–H and O–H groups in total. The molecule has 0 saturated heterocycles. The van der Waals surface area contributed by atoms with E-state index in [-0.39, 0.29) is 6.04 Å². The van der Waals surface area contributed by atoms with Gasteiger partial charge >= 0.3 is 0 Å². The van der Waals surface area contributed by atoms with E-state index in [1.807, 2.05) is 6.07 Å². The standard InChI is InChI=1S/C14H24N2O2/c1-11(12-3-4-12)16(6-8-17-2)14(9-15)13-5-7-18-10-13/h5,7,10-12,14H,3-4,6,8-9,15H2,1-2H3. The Morgan fingerprint density at radius 1 is 1.56 bits per heavy atom. The number of nitrogens with two attached hydrogens (primary N) is 1. The zero-order chi connectivity index (χ0) is 13.0. The maximum absolute atomic E-state index is 5.97. The van der Waals surface area contributed by atoms with E-state index in [9.17, 15) is 0 Å². The quantitative estimate of drug-likeness (QED) is 0.769. The number of ether oxygens (including phenoxy) is 1. The van der Waals surface area contributed by atoms with Crippen LogP contribution >= 0.6 is 0 Å².